The minimum atomic E-state index is -0.384. The number of likely N-dealkylation sites (tertiary alicyclic amines) is 1. The Morgan fingerprint density at radius 3 is 2.61 bits per heavy atom. The molecule has 2 aliphatic rings. The number of allylic oxidation sites excluding steroid dienone is 2. The Morgan fingerprint density at radius 2 is 2.00 bits per heavy atom. The van der Waals surface area contributed by atoms with E-state index in [1.807, 2.05) is 0 Å². The standard InChI is InChI=1S/C12H15ClN2O3/c1-14(2)10(16)6-15-11(17)8-4-3-7(13)5-9(8)12(15)18/h3,8-9H,4-6H2,1-2H3/t8-,9-/m0/s1. The fourth-order valence-corrected chi connectivity index (χ4v) is 2.58. The molecule has 1 aliphatic heterocycles. The molecule has 0 aromatic rings. The van der Waals surface area contributed by atoms with E-state index < -0.39 is 0 Å². The zero-order chi connectivity index (χ0) is 13.4. The molecule has 1 saturated heterocycles. The molecule has 1 aliphatic carbocycles. The molecule has 1 fully saturated rings. The van der Waals surface area contributed by atoms with Gasteiger partial charge in [0.05, 0.1) is 11.8 Å². The Balaban J connectivity index is 2.14. The van der Waals surface area contributed by atoms with Gasteiger partial charge in [-0.2, -0.15) is 0 Å². The van der Waals surface area contributed by atoms with Crippen LogP contribution < -0.4 is 0 Å². The van der Waals surface area contributed by atoms with Crippen molar-refractivity contribution in [1.82, 2.24) is 9.80 Å². The van der Waals surface area contributed by atoms with Crippen LogP contribution in [0.25, 0.3) is 0 Å². The first-order valence-corrected chi connectivity index (χ1v) is 6.19. The summed E-state index contributed by atoms with van der Waals surface area (Å²) in [5.74, 6) is -1.50. The van der Waals surface area contributed by atoms with Gasteiger partial charge in [0.25, 0.3) is 0 Å². The lowest BCUT2D eigenvalue weighted by Crippen LogP contribution is -2.40. The van der Waals surface area contributed by atoms with Crippen molar-refractivity contribution in [3.8, 4) is 0 Å². The molecule has 18 heavy (non-hydrogen) atoms. The van der Waals surface area contributed by atoms with Gasteiger partial charge in [-0.3, -0.25) is 19.3 Å². The number of carbonyl (C=O) groups is 3. The number of rotatable bonds is 2. The predicted molar refractivity (Wildman–Crippen MR) is 65.6 cm³/mol. The zero-order valence-electron chi connectivity index (χ0n) is 10.4. The van der Waals surface area contributed by atoms with Gasteiger partial charge in [0.15, 0.2) is 0 Å². The number of hydrogen-bond acceptors (Lipinski definition) is 3. The van der Waals surface area contributed by atoms with Gasteiger partial charge in [-0.25, -0.2) is 0 Å². The van der Waals surface area contributed by atoms with E-state index in [0.717, 1.165) is 4.90 Å². The molecule has 0 aromatic heterocycles. The second-order valence-corrected chi connectivity index (χ2v) is 5.34. The lowest BCUT2D eigenvalue weighted by molar-refractivity contribution is -0.145. The topological polar surface area (TPSA) is 57.7 Å². The number of imide groups is 1. The summed E-state index contributed by atoms with van der Waals surface area (Å²) in [5, 5.41) is 0.623. The van der Waals surface area contributed by atoms with Crippen molar-refractivity contribution in [2.75, 3.05) is 20.6 Å². The van der Waals surface area contributed by atoms with Crippen molar-refractivity contribution >= 4 is 29.3 Å². The summed E-state index contributed by atoms with van der Waals surface area (Å²) in [6, 6.07) is 0. The number of nitrogens with zero attached hydrogens (tertiary/aromatic N) is 2. The van der Waals surface area contributed by atoms with E-state index >= 15 is 0 Å². The highest BCUT2D eigenvalue weighted by molar-refractivity contribution is 6.30. The van der Waals surface area contributed by atoms with Gasteiger partial charge in [-0.05, 0) is 12.8 Å². The smallest absolute Gasteiger partial charge is 0.242 e. The predicted octanol–water partition coefficient (Wildman–Crippen LogP) is 0.592. The van der Waals surface area contributed by atoms with E-state index in [0.29, 0.717) is 17.9 Å². The van der Waals surface area contributed by atoms with Crippen LogP contribution in [0.2, 0.25) is 0 Å². The van der Waals surface area contributed by atoms with Crippen LogP contribution in [0.15, 0.2) is 11.1 Å². The van der Waals surface area contributed by atoms with Crippen LogP contribution in [0.4, 0.5) is 0 Å². The van der Waals surface area contributed by atoms with Crippen LogP contribution in [-0.4, -0.2) is 48.2 Å². The van der Waals surface area contributed by atoms with Crippen molar-refractivity contribution < 1.29 is 14.4 Å². The number of carbonyl (C=O) groups excluding carboxylic acids is 3. The quantitative estimate of drug-likeness (QED) is 0.690. The molecular formula is C12H15ClN2O3. The van der Waals surface area contributed by atoms with Crippen LogP contribution in [0, 0.1) is 11.8 Å². The Hall–Kier alpha value is -1.36. The van der Waals surface area contributed by atoms with Crippen LogP contribution in [0.5, 0.6) is 0 Å². The number of amides is 3. The van der Waals surface area contributed by atoms with Crippen LogP contribution in [-0.2, 0) is 14.4 Å². The molecule has 5 nitrogen and oxygen atoms in total. The molecule has 2 rings (SSSR count). The van der Waals surface area contributed by atoms with Gasteiger partial charge in [0, 0.05) is 19.1 Å². The first-order chi connectivity index (χ1) is 8.41. The normalized spacial score (nSPS) is 27.1. The third kappa shape index (κ3) is 2.14. The van der Waals surface area contributed by atoms with Crippen molar-refractivity contribution in [2.45, 2.75) is 12.8 Å². The summed E-state index contributed by atoms with van der Waals surface area (Å²) in [7, 11) is 3.19. The fourth-order valence-electron chi connectivity index (χ4n) is 2.33. The Bertz CT molecular complexity index is 445. The summed E-state index contributed by atoms with van der Waals surface area (Å²) in [6.07, 6.45) is 2.68. The summed E-state index contributed by atoms with van der Waals surface area (Å²) < 4.78 is 0. The largest absolute Gasteiger partial charge is 0.347 e. The maximum atomic E-state index is 12.1. The van der Waals surface area contributed by atoms with Gasteiger partial charge in [-0.1, -0.05) is 17.7 Å². The van der Waals surface area contributed by atoms with Crippen molar-refractivity contribution in [3.63, 3.8) is 0 Å². The lowest BCUT2D eigenvalue weighted by Gasteiger charge is -2.17. The third-order valence-corrected chi connectivity index (χ3v) is 3.76. The Labute approximate surface area is 110 Å². The van der Waals surface area contributed by atoms with Crippen molar-refractivity contribution in [3.05, 3.63) is 11.1 Å². The highest BCUT2D eigenvalue weighted by atomic mass is 35.5. The minimum Gasteiger partial charge on any atom is -0.347 e. The van der Waals surface area contributed by atoms with E-state index in [-0.39, 0.29) is 36.1 Å². The van der Waals surface area contributed by atoms with Gasteiger partial charge in [0.2, 0.25) is 17.7 Å². The van der Waals surface area contributed by atoms with E-state index in [2.05, 4.69) is 0 Å². The number of hydrogen-bond donors (Lipinski definition) is 0. The first-order valence-electron chi connectivity index (χ1n) is 5.81. The molecule has 1 heterocycles. The molecule has 0 N–H and O–H groups in total. The van der Waals surface area contributed by atoms with Gasteiger partial charge in [-0.15, -0.1) is 0 Å². The average Bonchev–Trinajstić information content (AvgIpc) is 2.54. The monoisotopic (exact) mass is 270 g/mol. The van der Waals surface area contributed by atoms with Gasteiger partial charge < -0.3 is 4.90 Å². The average molecular weight is 271 g/mol. The highest BCUT2D eigenvalue weighted by Gasteiger charge is 2.48. The van der Waals surface area contributed by atoms with Crippen molar-refractivity contribution in [2.24, 2.45) is 11.8 Å². The molecular weight excluding hydrogens is 256 g/mol. The molecule has 0 spiro atoms. The van der Waals surface area contributed by atoms with E-state index in [4.69, 9.17) is 11.6 Å². The molecule has 3 amide bonds. The fraction of sp³-hybridized carbons (Fsp3) is 0.583. The van der Waals surface area contributed by atoms with Crippen LogP contribution >= 0.6 is 11.6 Å². The van der Waals surface area contributed by atoms with E-state index in [9.17, 15) is 14.4 Å². The van der Waals surface area contributed by atoms with Gasteiger partial charge >= 0.3 is 0 Å². The van der Waals surface area contributed by atoms with Crippen LogP contribution in [0.1, 0.15) is 12.8 Å². The van der Waals surface area contributed by atoms with Crippen LogP contribution in [0.3, 0.4) is 0 Å². The number of likely N-dealkylation sites (N-methyl/N-ethyl adjacent to an activating group) is 1. The lowest BCUT2D eigenvalue weighted by atomic mass is 9.85. The maximum Gasteiger partial charge on any atom is 0.242 e. The molecule has 0 aromatic carbocycles. The molecule has 0 radical (unpaired) electrons. The summed E-state index contributed by atoms with van der Waals surface area (Å²) in [6.45, 7) is -0.171. The summed E-state index contributed by atoms with van der Waals surface area (Å²) in [5.41, 5.74) is 0. The third-order valence-electron chi connectivity index (χ3n) is 3.45. The summed E-state index contributed by atoms with van der Waals surface area (Å²) in [4.78, 5) is 38.2. The second kappa shape index (κ2) is 4.72. The molecule has 6 heteroatoms. The first kappa shape index (κ1) is 13.1. The zero-order valence-corrected chi connectivity index (χ0v) is 11.1. The maximum absolute atomic E-state index is 12.1. The molecule has 98 valence electrons. The van der Waals surface area contributed by atoms with Gasteiger partial charge in [0.1, 0.15) is 6.54 Å². The van der Waals surface area contributed by atoms with E-state index in [1.54, 1.807) is 20.2 Å². The minimum absolute atomic E-state index is 0.171. The highest BCUT2D eigenvalue weighted by Crippen LogP contribution is 2.38. The molecule has 0 unspecified atom stereocenters. The SMILES string of the molecule is CN(C)C(=O)CN1C(=O)[C@H]2CC=C(Cl)C[C@@H]2C1=O. The molecule has 2 atom stereocenters. The molecule has 0 saturated carbocycles. The number of halogens is 1. The summed E-state index contributed by atoms with van der Waals surface area (Å²) >= 11 is 5.90. The Morgan fingerprint density at radius 1 is 1.39 bits per heavy atom. The Kier molecular flexibility index (Phi) is 3.43. The van der Waals surface area contributed by atoms with E-state index in [1.165, 1.54) is 4.90 Å². The number of fused-ring (bicyclic) bond motifs is 1. The van der Waals surface area contributed by atoms with Crippen molar-refractivity contribution in [1.29, 1.82) is 0 Å². The molecule has 0 bridgehead atoms. The second-order valence-electron chi connectivity index (χ2n) is 4.85.